The van der Waals surface area contributed by atoms with Crippen molar-refractivity contribution in [2.24, 2.45) is 0 Å². The van der Waals surface area contributed by atoms with E-state index in [2.05, 4.69) is 0 Å². The second-order valence-corrected chi connectivity index (χ2v) is 5.86. The largest absolute Gasteiger partial charge is 0.493 e. The van der Waals surface area contributed by atoms with E-state index < -0.39 is 0 Å². The second kappa shape index (κ2) is 5.52. The minimum atomic E-state index is -0.0358. The Hall–Kier alpha value is -1.82. The third-order valence-corrected chi connectivity index (χ3v) is 4.34. The Balaban J connectivity index is 2.36. The Bertz CT molecular complexity index is 864. The highest BCUT2D eigenvalue weighted by atomic mass is 127. The summed E-state index contributed by atoms with van der Waals surface area (Å²) in [7, 11) is 1.57. The van der Waals surface area contributed by atoms with Gasteiger partial charge in [-0.3, -0.25) is 4.79 Å². The molecule has 0 unspecified atom stereocenters. The van der Waals surface area contributed by atoms with Crippen molar-refractivity contribution in [2.45, 2.75) is 6.92 Å². The maximum absolute atomic E-state index is 12.5. The molecule has 1 aromatic heterocycles. The topological polar surface area (TPSA) is 39.4 Å². The van der Waals surface area contributed by atoms with Crippen LogP contribution in [0.25, 0.3) is 22.3 Å². The molecule has 0 aliphatic rings. The zero-order chi connectivity index (χ0) is 15.0. The van der Waals surface area contributed by atoms with Crippen LogP contribution < -0.4 is 10.2 Å². The van der Waals surface area contributed by atoms with Crippen molar-refractivity contribution in [3.05, 3.63) is 61.8 Å². The number of methoxy groups -OCH3 is 1. The first-order chi connectivity index (χ1) is 10.1. The standard InChI is InChI=1S/C17H13IO3/c1-10-6-8-11(9-7-10)16-14(18)15(19)12-4-3-5-13(20-2)17(12)21-16/h3-9H,1-2H3. The minimum absolute atomic E-state index is 0.0358. The predicted octanol–water partition coefficient (Wildman–Crippen LogP) is 4.38. The fraction of sp³-hybridized carbons (Fsp3) is 0.118. The lowest BCUT2D eigenvalue weighted by atomic mass is 10.1. The zero-order valence-corrected chi connectivity index (χ0v) is 13.8. The molecule has 0 atom stereocenters. The molecule has 1 heterocycles. The number of aryl methyl sites for hydroxylation is 1. The van der Waals surface area contributed by atoms with Gasteiger partial charge in [0.05, 0.1) is 12.5 Å². The molecular formula is C17H13IO3. The van der Waals surface area contributed by atoms with E-state index in [4.69, 9.17) is 9.15 Å². The van der Waals surface area contributed by atoms with Crippen LogP contribution in [0.4, 0.5) is 0 Å². The van der Waals surface area contributed by atoms with Crippen LogP contribution in [0.5, 0.6) is 5.75 Å². The van der Waals surface area contributed by atoms with Gasteiger partial charge in [0.2, 0.25) is 5.43 Å². The van der Waals surface area contributed by atoms with Crippen molar-refractivity contribution >= 4 is 33.6 Å². The maximum Gasteiger partial charge on any atom is 0.206 e. The van der Waals surface area contributed by atoms with Gasteiger partial charge in [-0.2, -0.15) is 0 Å². The highest BCUT2D eigenvalue weighted by Gasteiger charge is 2.16. The Labute approximate surface area is 135 Å². The van der Waals surface area contributed by atoms with Crippen LogP contribution in [0.1, 0.15) is 5.56 Å². The van der Waals surface area contributed by atoms with Crippen molar-refractivity contribution in [1.82, 2.24) is 0 Å². The van der Waals surface area contributed by atoms with Crippen LogP contribution in [-0.2, 0) is 0 Å². The molecular weight excluding hydrogens is 379 g/mol. The molecule has 106 valence electrons. The number of benzene rings is 2. The van der Waals surface area contributed by atoms with Crippen molar-refractivity contribution in [3.8, 4) is 17.1 Å². The SMILES string of the molecule is COc1cccc2c(=O)c(I)c(-c3ccc(C)cc3)oc12. The average molecular weight is 392 g/mol. The van der Waals surface area contributed by atoms with Crippen molar-refractivity contribution in [1.29, 1.82) is 0 Å². The van der Waals surface area contributed by atoms with Gasteiger partial charge in [0.25, 0.3) is 0 Å². The molecule has 0 spiro atoms. The molecule has 0 saturated carbocycles. The molecule has 3 aromatic rings. The molecule has 0 fully saturated rings. The minimum Gasteiger partial charge on any atom is -0.493 e. The maximum atomic E-state index is 12.5. The van der Waals surface area contributed by atoms with Gasteiger partial charge < -0.3 is 9.15 Å². The number of hydrogen-bond acceptors (Lipinski definition) is 3. The molecule has 0 N–H and O–H groups in total. The van der Waals surface area contributed by atoms with Crippen LogP contribution in [0.3, 0.4) is 0 Å². The molecule has 4 heteroatoms. The highest BCUT2D eigenvalue weighted by Crippen LogP contribution is 2.31. The zero-order valence-electron chi connectivity index (χ0n) is 11.6. The fourth-order valence-electron chi connectivity index (χ4n) is 2.22. The Morgan fingerprint density at radius 1 is 1.10 bits per heavy atom. The van der Waals surface area contributed by atoms with Gasteiger partial charge in [-0.05, 0) is 41.6 Å². The van der Waals surface area contributed by atoms with Crippen molar-refractivity contribution in [3.63, 3.8) is 0 Å². The molecule has 0 bridgehead atoms. The number of para-hydroxylation sites is 1. The summed E-state index contributed by atoms with van der Waals surface area (Å²) in [5.41, 5.74) is 2.50. The Morgan fingerprint density at radius 3 is 2.48 bits per heavy atom. The number of hydrogen-bond donors (Lipinski definition) is 0. The first-order valence-electron chi connectivity index (χ1n) is 6.48. The molecule has 3 nitrogen and oxygen atoms in total. The summed E-state index contributed by atoms with van der Waals surface area (Å²) in [6, 6.07) is 13.2. The van der Waals surface area contributed by atoms with E-state index in [0.717, 1.165) is 11.1 Å². The van der Waals surface area contributed by atoms with Gasteiger partial charge in [0.1, 0.15) is 3.57 Å². The van der Waals surface area contributed by atoms with E-state index in [0.29, 0.717) is 26.0 Å². The molecule has 3 rings (SSSR count). The average Bonchev–Trinajstić information content (AvgIpc) is 2.51. The summed E-state index contributed by atoms with van der Waals surface area (Å²) in [4.78, 5) is 12.5. The lowest BCUT2D eigenvalue weighted by Crippen LogP contribution is -2.07. The third-order valence-electron chi connectivity index (χ3n) is 3.36. The lowest BCUT2D eigenvalue weighted by molar-refractivity contribution is 0.410. The van der Waals surface area contributed by atoms with E-state index in [1.54, 1.807) is 25.3 Å². The molecule has 21 heavy (non-hydrogen) atoms. The summed E-state index contributed by atoms with van der Waals surface area (Å²) in [5, 5.41) is 0.537. The van der Waals surface area contributed by atoms with Crippen molar-refractivity contribution < 1.29 is 9.15 Å². The molecule has 2 aromatic carbocycles. The highest BCUT2D eigenvalue weighted by molar-refractivity contribution is 14.1. The van der Waals surface area contributed by atoms with Crippen LogP contribution >= 0.6 is 22.6 Å². The van der Waals surface area contributed by atoms with Crippen LogP contribution in [0.2, 0.25) is 0 Å². The van der Waals surface area contributed by atoms with E-state index in [1.165, 1.54) is 0 Å². The van der Waals surface area contributed by atoms with Gasteiger partial charge in [-0.1, -0.05) is 35.9 Å². The first-order valence-corrected chi connectivity index (χ1v) is 7.56. The summed E-state index contributed by atoms with van der Waals surface area (Å²) in [5.74, 6) is 1.15. The normalized spacial score (nSPS) is 10.8. The Kier molecular flexibility index (Phi) is 3.71. The van der Waals surface area contributed by atoms with E-state index in [9.17, 15) is 4.79 Å². The van der Waals surface area contributed by atoms with Gasteiger partial charge in [-0.25, -0.2) is 0 Å². The summed E-state index contributed by atoms with van der Waals surface area (Å²) >= 11 is 2.04. The number of rotatable bonds is 2. The second-order valence-electron chi connectivity index (χ2n) is 4.78. The van der Waals surface area contributed by atoms with Gasteiger partial charge in [0.15, 0.2) is 17.1 Å². The van der Waals surface area contributed by atoms with E-state index >= 15 is 0 Å². The number of ether oxygens (including phenoxy) is 1. The summed E-state index contributed by atoms with van der Waals surface area (Å²) in [6.07, 6.45) is 0. The molecule has 0 aliphatic heterocycles. The number of halogens is 1. The summed E-state index contributed by atoms with van der Waals surface area (Å²) in [6.45, 7) is 2.02. The third kappa shape index (κ3) is 2.44. The monoisotopic (exact) mass is 392 g/mol. The van der Waals surface area contributed by atoms with Gasteiger partial charge in [0, 0.05) is 5.56 Å². The Morgan fingerprint density at radius 2 is 1.81 bits per heavy atom. The molecule has 0 aliphatic carbocycles. The van der Waals surface area contributed by atoms with Crippen LogP contribution in [-0.4, -0.2) is 7.11 Å². The van der Waals surface area contributed by atoms with E-state index in [1.807, 2.05) is 53.8 Å². The van der Waals surface area contributed by atoms with Gasteiger partial charge >= 0.3 is 0 Å². The van der Waals surface area contributed by atoms with Crippen molar-refractivity contribution in [2.75, 3.05) is 7.11 Å². The quantitative estimate of drug-likeness (QED) is 0.608. The summed E-state index contributed by atoms with van der Waals surface area (Å²) < 4.78 is 11.9. The predicted molar refractivity (Wildman–Crippen MR) is 91.9 cm³/mol. The lowest BCUT2D eigenvalue weighted by Gasteiger charge is -2.09. The fourth-order valence-corrected chi connectivity index (χ4v) is 2.93. The smallest absolute Gasteiger partial charge is 0.206 e. The van der Waals surface area contributed by atoms with Gasteiger partial charge in [-0.15, -0.1) is 0 Å². The van der Waals surface area contributed by atoms with E-state index in [-0.39, 0.29) is 5.43 Å². The number of fused-ring (bicyclic) bond motifs is 1. The molecule has 0 radical (unpaired) electrons. The van der Waals surface area contributed by atoms with Crippen LogP contribution in [0.15, 0.2) is 51.7 Å². The van der Waals surface area contributed by atoms with Crippen LogP contribution in [0, 0.1) is 10.5 Å². The molecule has 0 saturated heterocycles. The molecule has 0 amide bonds. The first kappa shape index (κ1) is 14.1.